The highest BCUT2D eigenvalue weighted by molar-refractivity contribution is 7.86. The summed E-state index contributed by atoms with van der Waals surface area (Å²) in [6.45, 7) is 9.17. The fourth-order valence-corrected chi connectivity index (χ4v) is 4.02. The predicted octanol–water partition coefficient (Wildman–Crippen LogP) is 1.80. The van der Waals surface area contributed by atoms with Crippen LogP contribution in [0.3, 0.4) is 0 Å². The Hall–Kier alpha value is -0.980. The largest absolute Gasteiger partial charge is 0.378 e. The molecule has 0 aromatic heterocycles. The molecule has 13 nitrogen and oxygen atoms in total. The van der Waals surface area contributed by atoms with Gasteiger partial charge in [0, 0.05) is 5.88 Å². The SMILES string of the molecule is O=S(=O)(OCCOCCOCCOCCOCCOCCOCCOCCOCCOCCOCCCl)c1ccccc1. The second kappa shape index (κ2) is 31.0. The van der Waals surface area contributed by atoms with Crippen LogP contribution in [-0.4, -0.2) is 153 Å². The Morgan fingerprint density at radius 3 is 0.930 bits per heavy atom. The molecule has 1 rings (SSSR count). The molecule has 0 fully saturated rings. The number of halogens is 1. The van der Waals surface area contributed by atoms with Gasteiger partial charge in [0.25, 0.3) is 10.1 Å². The van der Waals surface area contributed by atoms with Gasteiger partial charge < -0.3 is 47.4 Å². The Labute approximate surface area is 261 Å². The van der Waals surface area contributed by atoms with E-state index in [4.69, 9.17) is 63.2 Å². The summed E-state index contributed by atoms with van der Waals surface area (Å²) in [6, 6.07) is 7.97. The lowest BCUT2D eigenvalue weighted by Crippen LogP contribution is -2.15. The van der Waals surface area contributed by atoms with Crippen molar-refractivity contribution in [3.05, 3.63) is 30.3 Å². The molecule has 1 aromatic carbocycles. The van der Waals surface area contributed by atoms with Gasteiger partial charge in [0.2, 0.25) is 0 Å². The third kappa shape index (κ3) is 27.1. The van der Waals surface area contributed by atoms with Crippen LogP contribution >= 0.6 is 11.6 Å². The summed E-state index contributed by atoms with van der Waals surface area (Å²) in [5, 5.41) is 0. The Morgan fingerprint density at radius 2 is 0.651 bits per heavy atom. The highest BCUT2D eigenvalue weighted by atomic mass is 35.5. The van der Waals surface area contributed by atoms with E-state index in [1.54, 1.807) is 18.2 Å². The average Bonchev–Trinajstić information content (AvgIpc) is 3.02. The summed E-state index contributed by atoms with van der Waals surface area (Å²) >= 11 is 5.50. The molecule has 0 N–H and O–H groups in total. The highest BCUT2D eigenvalue weighted by Gasteiger charge is 2.13. The Kier molecular flexibility index (Phi) is 28.9. The van der Waals surface area contributed by atoms with Crippen LogP contribution in [-0.2, 0) is 61.7 Å². The molecule has 0 saturated heterocycles. The predicted molar refractivity (Wildman–Crippen MR) is 158 cm³/mol. The molecule has 0 heterocycles. The molecule has 0 aliphatic carbocycles. The summed E-state index contributed by atoms with van der Waals surface area (Å²) in [6.07, 6.45) is 0. The number of benzene rings is 1. The van der Waals surface area contributed by atoms with E-state index in [0.29, 0.717) is 131 Å². The minimum atomic E-state index is -3.75. The number of rotatable bonds is 34. The first-order valence-electron chi connectivity index (χ1n) is 14.4. The normalized spacial score (nSPS) is 11.8. The van der Waals surface area contributed by atoms with Crippen LogP contribution in [0.25, 0.3) is 0 Å². The molecule has 0 aliphatic rings. The van der Waals surface area contributed by atoms with Crippen molar-refractivity contribution < 1.29 is 60.0 Å². The van der Waals surface area contributed by atoms with Gasteiger partial charge in [0.1, 0.15) is 0 Å². The lowest BCUT2D eigenvalue weighted by molar-refractivity contribution is -0.0265. The maximum Gasteiger partial charge on any atom is 0.297 e. The topological polar surface area (TPSA) is 136 Å². The molecule has 0 bridgehead atoms. The average molecular weight is 661 g/mol. The van der Waals surface area contributed by atoms with Gasteiger partial charge in [-0.3, -0.25) is 4.18 Å². The van der Waals surface area contributed by atoms with Crippen molar-refractivity contribution in [2.75, 3.05) is 145 Å². The minimum Gasteiger partial charge on any atom is -0.378 e. The molecule has 0 aliphatic heterocycles. The molecule has 252 valence electrons. The zero-order valence-electron chi connectivity index (χ0n) is 25.0. The van der Waals surface area contributed by atoms with Gasteiger partial charge >= 0.3 is 0 Å². The van der Waals surface area contributed by atoms with Crippen LogP contribution in [0.1, 0.15) is 0 Å². The maximum atomic E-state index is 12.0. The van der Waals surface area contributed by atoms with Crippen LogP contribution < -0.4 is 0 Å². The Bertz CT molecular complexity index is 805. The van der Waals surface area contributed by atoms with Gasteiger partial charge in [-0.15, -0.1) is 11.6 Å². The standard InChI is InChI=1S/C28H49ClO13S/c29-6-7-32-8-9-33-10-11-34-12-13-35-14-15-36-16-17-37-18-19-38-20-21-39-22-23-40-24-25-41-26-27-42-43(30,31)28-4-2-1-3-5-28/h1-5H,6-27H2. The first kappa shape index (κ1) is 40.0. The van der Waals surface area contributed by atoms with E-state index in [1.165, 1.54) is 12.1 Å². The molecule has 1 aromatic rings. The van der Waals surface area contributed by atoms with E-state index in [-0.39, 0.29) is 18.1 Å². The number of hydrogen-bond acceptors (Lipinski definition) is 13. The summed E-state index contributed by atoms with van der Waals surface area (Å²) in [4.78, 5) is 0.120. The van der Waals surface area contributed by atoms with Gasteiger partial charge in [-0.25, -0.2) is 0 Å². The van der Waals surface area contributed by atoms with Crippen molar-refractivity contribution >= 4 is 21.7 Å². The van der Waals surface area contributed by atoms with E-state index in [2.05, 4.69) is 0 Å². The smallest absolute Gasteiger partial charge is 0.297 e. The molecule has 0 saturated carbocycles. The van der Waals surface area contributed by atoms with Gasteiger partial charge in [-0.2, -0.15) is 8.42 Å². The van der Waals surface area contributed by atoms with Gasteiger partial charge in [0.05, 0.1) is 144 Å². The van der Waals surface area contributed by atoms with E-state index >= 15 is 0 Å². The molecule has 0 amide bonds. The molecular weight excluding hydrogens is 612 g/mol. The van der Waals surface area contributed by atoms with E-state index < -0.39 is 10.1 Å². The van der Waals surface area contributed by atoms with Crippen molar-refractivity contribution in [1.29, 1.82) is 0 Å². The van der Waals surface area contributed by atoms with Crippen molar-refractivity contribution in [2.24, 2.45) is 0 Å². The zero-order valence-corrected chi connectivity index (χ0v) is 26.6. The van der Waals surface area contributed by atoms with Crippen LogP contribution in [0, 0.1) is 0 Å². The van der Waals surface area contributed by atoms with Crippen LogP contribution in [0.5, 0.6) is 0 Å². The first-order valence-corrected chi connectivity index (χ1v) is 16.4. The van der Waals surface area contributed by atoms with Crippen LogP contribution in [0.15, 0.2) is 35.2 Å². The summed E-state index contributed by atoms with van der Waals surface area (Å²) in [7, 11) is -3.75. The van der Waals surface area contributed by atoms with Crippen LogP contribution in [0.4, 0.5) is 0 Å². The Balaban J connectivity index is 1.67. The lowest BCUT2D eigenvalue weighted by atomic mass is 10.4. The van der Waals surface area contributed by atoms with Crippen molar-refractivity contribution in [1.82, 2.24) is 0 Å². The molecule has 0 unspecified atom stereocenters. The number of ether oxygens (including phenoxy) is 10. The molecule has 0 spiro atoms. The van der Waals surface area contributed by atoms with Gasteiger partial charge in [-0.1, -0.05) is 18.2 Å². The summed E-state index contributed by atoms with van der Waals surface area (Å²) in [5.41, 5.74) is 0. The quantitative estimate of drug-likeness (QED) is 0.0604. The zero-order chi connectivity index (χ0) is 30.9. The third-order valence-corrected chi connectivity index (χ3v) is 6.55. The minimum absolute atomic E-state index is 0.0579. The summed E-state index contributed by atoms with van der Waals surface area (Å²) < 4.78 is 82.7. The second-order valence-corrected chi connectivity index (χ2v) is 10.4. The molecule has 0 atom stereocenters. The molecular formula is C28H49ClO13S. The van der Waals surface area contributed by atoms with Crippen LogP contribution in [0.2, 0.25) is 0 Å². The Morgan fingerprint density at radius 1 is 0.395 bits per heavy atom. The van der Waals surface area contributed by atoms with E-state index in [0.717, 1.165) is 0 Å². The van der Waals surface area contributed by atoms with Crippen molar-refractivity contribution in [3.63, 3.8) is 0 Å². The van der Waals surface area contributed by atoms with Gasteiger partial charge in [-0.05, 0) is 12.1 Å². The highest BCUT2D eigenvalue weighted by Crippen LogP contribution is 2.10. The summed E-state index contributed by atoms with van der Waals surface area (Å²) in [5.74, 6) is 0.491. The first-order chi connectivity index (χ1) is 21.2. The lowest BCUT2D eigenvalue weighted by Gasteiger charge is -2.09. The third-order valence-electron chi connectivity index (χ3n) is 5.07. The maximum absolute atomic E-state index is 12.0. The van der Waals surface area contributed by atoms with E-state index in [9.17, 15) is 8.42 Å². The fraction of sp³-hybridized carbons (Fsp3) is 0.786. The molecule has 43 heavy (non-hydrogen) atoms. The fourth-order valence-electron chi connectivity index (χ4n) is 2.99. The van der Waals surface area contributed by atoms with Gasteiger partial charge in [0.15, 0.2) is 0 Å². The monoisotopic (exact) mass is 660 g/mol. The molecule has 0 radical (unpaired) electrons. The number of hydrogen-bond donors (Lipinski definition) is 0. The molecule has 15 heteroatoms. The second-order valence-electron chi connectivity index (χ2n) is 8.40. The number of alkyl halides is 1. The van der Waals surface area contributed by atoms with Crippen molar-refractivity contribution in [2.45, 2.75) is 4.90 Å². The van der Waals surface area contributed by atoms with E-state index in [1.807, 2.05) is 0 Å². The van der Waals surface area contributed by atoms with Crippen molar-refractivity contribution in [3.8, 4) is 0 Å².